The van der Waals surface area contributed by atoms with Crippen molar-refractivity contribution in [2.24, 2.45) is 41.4 Å². The van der Waals surface area contributed by atoms with Crippen molar-refractivity contribution in [3.8, 4) is 0 Å². The minimum absolute atomic E-state index is 0.0205. The Labute approximate surface area is 508 Å². The molecule has 0 aromatic rings. The molecular formula is C62H111N11O12. The highest BCUT2D eigenvalue weighted by Crippen LogP contribution is 2.25. The number of nitrogens with zero attached hydrogens (tertiary/aromatic N) is 7. The Morgan fingerprint density at radius 2 is 0.812 bits per heavy atom. The topological polar surface area (TPSA) is 279 Å². The van der Waals surface area contributed by atoms with E-state index in [1.165, 1.54) is 87.7 Å². The van der Waals surface area contributed by atoms with E-state index in [0.717, 1.165) is 9.80 Å². The molecule has 1 heterocycles. The summed E-state index contributed by atoms with van der Waals surface area (Å²) in [6, 6.07) is -12.3. The van der Waals surface area contributed by atoms with E-state index in [-0.39, 0.29) is 68.1 Å². The summed E-state index contributed by atoms with van der Waals surface area (Å²) in [6.07, 6.45) is 2.55. The normalized spacial score (nSPS) is 26.9. The van der Waals surface area contributed by atoms with Gasteiger partial charge in [0.25, 0.3) is 0 Å². The molecule has 85 heavy (non-hydrogen) atoms. The highest BCUT2D eigenvalue weighted by molar-refractivity contribution is 5.99. The van der Waals surface area contributed by atoms with E-state index in [2.05, 4.69) is 21.3 Å². The summed E-state index contributed by atoms with van der Waals surface area (Å²) >= 11 is 0. The summed E-state index contributed by atoms with van der Waals surface area (Å²) in [5.41, 5.74) is 0. The van der Waals surface area contributed by atoms with Gasteiger partial charge in [-0.25, -0.2) is 0 Å². The van der Waals surface area contributed by atoms with Gasteiger partial charge < -0.3 is 60.7 Å². The van der Waals surface area contributed by atoms with Gasteiger partial charge in [0.15, 0.2) is 0 Å². The van der Waals surface area contributed by atoms with E-state index in [1.807, 2.05) is 69.2 Å². The van der Waals surface area contributed by atoms with Crippen LogP contribution in [-0.2, 0) is 52.7 Å². The van der Waals surface area contributed by atoms with Crippen LogP contribution in [-0.4, -0.2) is 227 Å². The maximum Gasteiger partial charge on any atom is 0.246 e. The lowest BCUT2D eigenvalue weighted by atomic mass is 9.93. The van der Waals surface area contributed by atoms with Gasteiger partial charge in [0.2, 0.25) is 65.0 Å². The lowest BCUT2D eigenvalue weighted by molar-refractivity contribution is -0.156. The molecular weight excluding hydrogens is 1090 g/mol. The number of nitrogens with one attached hydrogen (secondary N) is 4. The first-order valence-corrected chi connectivity index (χ1v) is 30.6. The largest absolute Gasteiger partial charge is 0.390 e. The molecule has 1 rings (SSSR count). The number of carbonyl (C=O) groups excluding carboxylic acids is 11. The summed E-state index contributed by atoms with van der Waals surface area (Å²) in [6.45, 7) is 29.5. The maximum absolute atomic E-state index is 15.2. The van der Waals surface area contributed by atoms with Crippen LogP contribution in [0, 0.1) is 41.4 Å². The van der Waals surface area contributed by atoms with Gasteiger partial charge in [-0.2, -0.15) is 0 Å². The standard InChI is InChI=1S/C62H111N11O12/c1-25-27-40(15)52(75)51-56(79)65-43(26-2)58(81)67(18)33-49(74)68(19)44(28-34(3)4)55(78)66-50(39(13)14)62(85)69(20)45(29-35(5)6)54(77)63-41(16)53(76)64-42(17)57(80)70(21)46(30-36(7)8)59(82)71(22)47(31-37(9)10)60(83)72(23)48(32-38(11)12)61(84)73(51)24/h25,27,34-48,50-52,75H,26,28-33H2,1-24H3,(H,63,77)(H,64,76)(H,65,79)(H,66,78)/b27-25+/t40-,41+,42-,43-,44-,45-,46+,47-,48+,50+,51+,52+/m0/s1. The molecule has 0 spiro atoms. The van der Waals surface area contributed by atoms with Crippen LogP contribution in [0.1, 0.15) is 156 Å². The van der Waals surface area contributed by atoms with Crippen LogP contribution in [0.5, 0.6) is 0 Å². The lowest BCUT2D eigenvalue weighted by Gasteiger charge is -2.41. The average molecular weight is 1200 g/mol. The molecule has 0 aliphatic carbocycles. The van der Waals surface area contributed by atoms with Crippen LogP contribution in [0.3, 0.4) is 0 Å². The highest BCUT2D eigenvalue weighted by Gasteiger charge is 2.45. The van der Waals surface area contributed by atoms with E-state index < -0.39 is 150 Å². The van der Waals surface area contributed by atoms with Gasteiger partial charge in [0.1, 0.15) is 60.4 Å². The van der Waals surface area contributed by atoms with Crippen molar-refractivity contribution < 1.29 is 57.8 Å². The number of hydrogen-bond acceptors (Lipinski definition) is 12. The Morgan fingerprint density at radius 1 is 0.447 bits per heavy atom. The summed E-state index contributed by atoms with van der Waals surface area (Å²) in [5, 5.41) is 23.0. The molecule has 23 nitrogen and oxygen atoms in total. The molecule has 11 amide bonds. The van der Waals surface area contributed by atoms with E-state index in [4.69, 9.17) is 0 Å². The smallest absolute Gasteiger partial charge is 0.246 e. The number of likely N-dealkylation sites (N-methyl/N-ethyl adjacent to an activating group) is 7. The molecule has 1 saturated heterocycles. The van der Waals surface area contributed by atoms with Crippen molar-refractivity contribution >= 4 is 65.0 Å². The van der Waals surface area contributed by atoms with Crippen LogP contribution >= 0.6 is 0 Å². The van der Waals surface area contributed by atoms with E-state index in [0.29, 0.717) is 0 Å². The van der Waals surface area contributed by atoms with Crippen molar-refractivity contribution in [3.05, 3.63) is 12.2 Å². The number of hydrogen-bond donors (Lipinski definition) is 5. The second-order valence-corrected chi connectivity index (χ2v) is 26.2. The molecule has 1 aliphatic rings. The second-order valence-electron chi connectivity index (χ2n) is 26.2. The molecule has 0 saturated carbocycles. The minimum atomic E-state index is -1.62. The first-order chi connectivity index (χ1) is 39.2. The van der Waals surface area contributed by atoms with Crippen LogP contribution in [0.2, 0.25) is 0 Å². The molecule has 0 radical (unpaired) electrons. The number of allylic oxidation sites excluding steroid dienone is 1. The molecule has 1 aliphatic heterocycles. The summed E-state index contributed by atoms with van der Waals surface area (Å²) < 4.78 is 0. The predicted octanol–water partition coefficient (Wildman–Crippen LogP) is 3.27. The summed E-state index contributed by atoms with van der Waals surface area (Å²) in [7, 11) is 9.93. The van der Waals surface area contributed by atoms with Crippen molar-refractivity contribution in [1.29, 1.82) is 0 Å². The highest BCUT2D eigenvalue weighted by atomic mass is 16.3. The zero-order chi connectivity index (χ0) is 66.0. The van der Waals surface area contributed by atoms with E-state index >= 15 is 9.59 Å². The Bertz CT molecular complexity index is 2330. The summed E-state index contributed by atoms with van der Waals surface area (Å²) in [5.74, 6) is -9.41. The molecule has 486 valence electrons. The van der Waals surface area contributed by atoms with Crippen molar-refractivity contribution in [2.45, 2.75) is 223 Å². The van der Waals surface area contributed by atoms with Gasteiger partial charge in [-0.3, -0.25) is 52.7 Å². The number of aliphatic hydroxyl groups is 1. The first kappa shape index (κ1) is 76.9. The van der Waals surface area contributed by atoms with Crippen LogP contribution < -0.4 is 21.3 Å². The SMILES string of the molecule is C/C=C/[C@H](C)[C@@H](O)[C@@H]1C(=O)N[C@@H](CC)C(=O)N(C)CC(=O)N(C)[C@@H](CC(C)C)C(=O)N[C@H](C(C)C)C(=O)N(C)[C@@H](CC(C)C)C(=O)N[C@H](C)C(=O)N[C@@H](C)C(=O)N(C)[C@H](CC(C)C)C(=O)N(C)[C@@H](CC(C)C)C(=O)N(C)[C@H](CC(C)C)C(=O)N1C. The van der Waals surface area contributed by atoms with Gasteiger partial charge in [-0.15, -0.1) is 0 Å². The fraction of sp³-hybridized carbons (Fsp3) is 0.790. The Morgan fingerprint density at radius 3 is 1.21 bits per heavy atom. The molecule has 1 fully saturated rings. The van der Waals surface area contributed by atoms with E-state index in [1.54, 1.807) is 46.8 Å². The van der Waals surface area contributed by atoms with Gasteiger partial charge in [0.05, 0.1) is 12.6 Å². The molecule has 5 N–H and O–H groups in total. The number of amides is 11. The lowest BCUT2D eigenvalue weighted by Crippen LogP contribution is -2.63. The molecule has 0 aromatic heterocycles. The molecule has 0 bridgehead atoms. The third-order valence-corrected chi connectivity index (χ3v) is 15.9. The van der Waals surface area contributed by atoms with Crippen LogP contribution in [0.15, 0.2) is 12.2 Å². The predicted molar refractivity (Wildman–Crippen MR) is 328 cm³/mol. The van der Waals surface area contributed by atoms with Crippen LogP contribution in [0.25, 0.3) is 0 Å². The average Bonchev–Trinajstić information content (AvgIpc) is 3.55. The zero-order valence-corrected chi connectivity index (χ0v) is 56.1. The van der Waals surface area contributed by atoms with Crippen molar-refractivity contribution in [3.63, 3.8) is 0 Å². The molecule has 0 unspecified atom stereocenters. The number of rotatable bonds is 15. The Kier molecular flexibility index (Phi) is 31.5. The van der Waals surface area contributed by atoms with Crippen LogP contribution in [0.4, 0.5) is 0 Å². The van der Waals surface area contributed by atoms with Gasteiger partial charge in [-0.1, -0.05) is 109 Å². The molecule has 12 atom stereocenters. The summed E-state index contributed by atoms with van der Waals surface area (Å²) in [4.78, 5) is 169. The Hall–Kier alpha value is -6.13. The first-order valence-electron chi connectivity index (χ1n) is 30.6. The Balaban J connectivity index is 4.33. The van der Waals surface area contributed by atoms with Gasteiger partial charge in [-0.05, 0) is 94.8 Å². The monoisotopic (exact) mass is 1200 g/mol. The fourth-order valence-corrected chi connectivity index (χ4v) is 10.6. The van der Waals surface area contributed by atoms with Gasteiger partial charge >= 0.3 is 0 Å². The van der Waals surface area contributed by atoms with Crippen molar-refractivity contribution in [1.82, 2.24) is 55.6 Å². The third-order valence-electron chi connectivity index (χ3n) is 15.9. The molecule has 0 aromatic carbocycles. The van der Waals surface area contributed by atoms with Crippen molar-refractivity contribution in [2.75, 3.05) is 55.9 Å². The number of aliphatic hydroxyl groups excluding tert-OH is 1. The quantitative estimate of drug-likeness (QED) is 0.148. The minimum Gasteiger partial charge on any atom is -0.390 e. The fourth-order valence-electron chi connectivity index (χ4n) is 10.6. The zero-order valence-electron chi connectivity index (χ0n) is 56.1. The van der Waals surface area contributed by atoms with Gasteiger partial charge in [0, 0.05) is 55.3 Å². The molecule has 23 heteroatoms. The maximum atomic E-state index is 15.2. The third kappa shape index (κ3) is 22.0. The van der Waals surface area contributed by atoms with E-state index in [9.17, 15) is 48.3 Å². The second kappa shape index (κ2) is 34.9. The number of carbonyl (C=O) groups is 11.